The highest BCUT2D eigenvalue weighted by Crippen LogP contribution is 2.27. The van der Waals surface area contributed by atoms with Crippen LogP contribution in [-0.4, -0.2) is 24.7 Å². The maximum absolute atomic E-state index is 11.7. The summed E-state index contributed by atoms with van der Waals surface area (Å²) in [5.74, 6) is 0.369. The van der Waals surface area contributed by atoms with E-state index in [0.29, 0.717) is 17.4 Å². The highest BCUT2D eigenvalue weighted by Gasteiger charge is 2.16. The Labute approximate surface area is 121 Å². The molecular weight excluding hydrogens is 276 g/mol. The maximum Gasteiger partial charge on any atom is 0.358 e. The van der Waals surface area contributed by atoms with Gasteiger partial charge in [0.15, 0.2) is 10.8 Å². The normalized spacial score (nSPS) is 10.2. The molecule has 0 radical (unpaired) electrons. The fourth-order valence-electron chi connectivity index (χ4n) is 1.66. The number of aromatic nitrogens is 1. The van der Waals surface area contributed by atoms with Gasteiger partial charge in [-0.1, -0.05) is 6.07 Å². The van der Waals surface area contributed by atoms with Crippen LogP contribution in [0.4, 0.5) is 10.8 Å². The topological polar surface area (TPSA) is 60.5 Å². The lowest BCUT2D eigenvalue weighted by Crippen LogP contribution is -2.06. The summed E-state index contributed by atoms with van der Waals surface area (Å²) < 4.78 is 10.1. The number of rotatable bonds is 5. The van der Waals surface area contributed by atoms with Crippen LogP contribution in [0.2, 0.25) is 0 Å². The van der Waals surface area contributed by atoms with Crippen LogP contribution in [0.25, 0.3) is 0 Å². The average molecular weight is 292 g/mol. The molecule has 5 nitrogen and oxygen atoms in total. The van der Waals surface area contributed by atoms with Crippen LogP contribution in [0.15, 0.2) is 24.3 Å². The first-order chi connectivity index (χ1) is 9.63. The molecule has 0 saturated carbocycles. The van der Waals surface area contributed by atoms with Crippen molar-refractivity contribution >= 4 is 28.1 Å². The first-order valence-electron chi connectivity index (χ1n) is 6.19. The number of methoxy groups -OCH3 is 1. The lowest BCUT2D eigenvalue weighted by atomic mass is 10.3. The summed E-state index contributed by atoms with van der Waals surface area (Å²) in [5, 5.41) is 3.81. The van der Waals surface area contributed by atoms with Gasteiger partial charge in [-0.05, 0) is 26.0 Å². The third-order valence-electron chi connectivity index (χ3n) is 2.59. The van der Waals surface area contributed by atoms with Gasteiger partial charge in [-0.25, -0.2) is 9.78 Å². The van der Waals surface area contributed by atoms with Crippen LogP contribution in [-0.2, 0) is 4.74 Å². The third-order valence-corrected chi connectivity index (χ3v) is 3.47. The molecule has 0 aliphatic heterocycles. The zero-order valence-electron chi connectivity index (χ0n) is 11.6. The number of benzene rings is 1. The van der Waals surface area contributed by atoms with Crippen LogP contribution in [0.1, 0.15) is 22.3 Å². The van der Waals surface area contributed by atoms with Gasteiger partial charge in [0, 0.05) is 16.6 Å². The van der Waals surface area contributed by atoms with Gasteiger partial charge in [0.2, 0.25) is 0 Å². The van der Waals surface area contributed by atoms with E-state index < -0.39 is 0 Å². The minimum atomic E-state index is -0.389. The molecule has 0 aliphatic rings. The minimum absolute atomic E-state index is 0.342. The van der Waals surface area contributed by atoms with E-state index in [1.807, 2.05) is 31.2 Å². The van der Waals surface area contributed by atoms with E-state index in [0.717, 1.165) is 16.3 Å². The monoisotopic (exact) mass is 292 g/mol. The highest BCUT2D eigenvalue weighted by molar-refractivity contribution is 7.15. The van der Waals surface area contributed by atoms with Crippen molar-refractivity contribution in [1.29, 1.82) is 0 Å². The second-order valence-electron chi connectivity index (χ2n) is 4.00. The Morgan fingerprint density at radius 1 is 1.45 bits per heavy atom. The Balaban J connectivity index is 2.17. The Morgan fingerprint density at radius 2 is 2.25 bits per heavy atom. The van der Waals surface area contributed by atoms with Gasteiger partial charge in [0.05, 0.1) is 13.7 Å². The number of nitrogens with one attached hydrogen (secondary N) is 1. The van der Waals surface area contributed by atoms with Crippen LogP contribution in [0, 0.1) is 6.92 Å². The summed E-state index contributed by atoms with van der Waals surface area (Å²) in [6, 6.07) is 7.51. The van der Waals surface area contributed by atoms with Crippen LogP contribution < -0.4 is 10.1 Å². The fourth-order valence-corrected chi connectivity index (χ4v) is 2.48. The molecule has 2 aromatic rings. The molecule has 0 unspecified atom stereocenters. The van der Waals surface area contributed by atoms with Crippen LogP contribution >= 0.6 is 11.3 Å². The van der Waals surface area contributed by atoms with E-state index in [2.05, 4.69) is 10.3 Å². The number of esters is 1. The van der Waals surface area contributed by atoms with Gasteiger partial charge in [-0.15, -0.1) is 11.3 Å². The van der Waals surface area contributed by atoms with E-state index in [1.54, 1.807) is 14.0 Å². The summed E-state index contributed by atoms with van der Waals surface area (Å²) in [6.45, 7) is 3.96. The summed E-state index contributed by atoms with van der Waals surface area (Å²) in [6.07, 6.45) is 0. The molecule has 106 valence electrons. The molecule has 1 aromatic carbocycles. The molecule has 1 heterocycles. The van der Waals surface area contributed by atoms with E-state index >= 15 is 0 Å². The third kappa shape index (κ3) is 3.27. The number of hydrogen-bond donors (Lipinski definition) is 1. The second-order valence-corrected chi connectivity index (χ2v) is 5.20. The first-order valence-corrected chi connectivity index (χ1v) is 7.01. The van der Waals surface area contributed by atoms with Gasteiger partial charge in [-0.3, -0.25) is 0 Å². The molecule has 0 saturated heterocycles. The zero-order chi connectivity index (χ0) is 14.5. The molecular formula is C14H16N2O3S. The Hall–Kier alpha value is -2.08. The quantitative estimate of drug-likeness (QED) is 0.856. The summed E-state index contributed by atoms with van der Waals surface area (Å²) >= 11 is 1.41. The summed E-state index contributed by atoms with van der Waals surface area (Å²) in [5.41, 5.74) is 1.22. The van der Waals surface area contributed by atoms with Gasteiger partial charge in [-0.2, -0.15) is 0 Å². The largest absolute Gasteiger partial charge is 0.497 e. The van der Waals surface area contributed by atoms with Crippen molar-refractivity contribution in [3.05, 3.63) is 34.8 Å². The molecule has 0 spiro atoms. The Morgan fingerprint density at radius 3 is 2.95 bits per heavy atom. The van der Waals surface area contributed by atoms with Crippen molar-refractivity contribution in [3.63, 3.8) is 0 Å². The Bertz CT molecular complexity index is 610. The SMILES string of the molecule is CCOC(=O)c1nc(Nc2cccc(OC)c2)sc1C. The number of thiazole rings is 1. The summed E-state index contributed by atoms with van der Waals surface area (Å²) in [4.78, 5) is 16.8. The molecule has 0 fully saturated rings. The maximum atomic E-state index is 11.7. The highest BCUT2D eigenvalue weighted by atomic mass is 32.1. The fraction of sp³-hybridized carbons (Fsp3) is 0.286. The van der Waals surface area contributed by atoms with Gasteiger partial charge >= 0.3 is 5.97 Å². The number of nitrogens with zero attached hydrogens (tertiary/aromatic N) is 1. The predicted molar refractivity (Wildman–Crippen MR) is 79.1 cm³/mol. The van der Waals surface area contributed by atoms with Crippen LogP contribution in [0.3, 0.4) is 0 Å². The molecule has 1 N–H and O–H groups in total. The molecule has 0 aliphatic carbocycles. The van der Waals surface area contributed by atoms with Gasteiger partial charge < -0.3 is 14.8 Å². The molecule has 0 bridgehead atoms. The van der Waals surface area contributed by atoms with E-state index in [-0.39, 0.29) is 5.97 Å². The van der Waals surface area contributed by atoms with Crippen molar-refractivity contribution < 1.29 is 14.3 Å². The molecule has 1 aromatic heterocycles. The average Bonchev–Trinajstić information content (AvgIpc) is 2.80. The second kappa shape index (κ2) is 6.38. The standard InChI is InChI=1S/C14H16N2O3S/c1-4-19-13(17)12-9(2)20-14(16-12)15-10-6-5-7-11(8-10)18-3/h5-8H,4H2,1-3H3,(H,15,16). The molecule has 2 rings (SSSR count). The van der Waals surface area contributed by atoms with E-state index in [1.165, 1.54) is 11.3 Å². The number of ether oxygens (including phenoxy) is 2. The number of carbonyl (C=O) groups is 1. The number of carbonyl (C=O) groups excluding carboxylic acids is 1. The minimum Gasteiger partial charge on any atom is -0.497 e. The van der Waals surface area contributed by atoms with Crippen molar-refractivity contribution in [2.24, 2.45) is 0 Å². The zero-order valence-corrected chi connectivity index (χ0v) is 12.4. The number of hydrogen-bond acceptors (Lipinski definition) is 6. The number of aryl methyl sites for hydroxylation is 1. The van der Waals surface area contributed by atoms with Crippen molar-refractivity contribution in [2.75, 3.05) is 19.0 Å². The molecule has 20 heavy (non-hydrogen) atoms. The molecule has 0 amide bonds. The lowest BCUT2D eigenvalue weighted by Gasteiger charge is -2.04. The van der Waals surface area contributed by atoms with Gasteiger partial charge in [0.25, 0.3) is 0 Å². The smallest absolute Gasteiger partial charge is 0.358 e. The lowest BCUT2D eigenvalue weighted by molar-refractivity contribution is 0.0519. The van der Waals surface area contributed by atoms with Crippen molar-refractivity contribution in [2.45, 2.75) is 13.8 Å². The first kappa shape index (κ1) is 14.3. The van der Waals surface area contributed by atoms with E-state index in [9.17, 15) is 4.79 Å². The van der Waals surface area contributed by atoms with E-state index in [4.69, 9.17) is 9.47 Å². The summed E-state index contributed by atoms with van der Waals surface area (Å²) in [7, 11) is 1.62. The Kier molecular flexibility index (Phi) is 4.57. The van der Waals surface area contributed by atoms with Crippen molar-refractivity contribution in [3.8, 4) is 5.75 Å². The van der Waals surface area contributed by atoms with Crippen molar-refractivity contribution in [1.82, 2.24) is 4.98 Å². The molecule has 0 atom stereocenters. The number of anilines is 2. The molecule has 6 heteroatoms. The van der Waals surface area contributed by atoms with Crippen LogP contribution in [0.5, 0.6) is 5.75 Å². The van der Waals surface area contributed by atoms with Gasteiger partial charge in [0.1, 0.15) is 5.75 Å². The predicted octanol–water partition coefficient (Wildman–Crippen LogP) is 3.38.